The number of nitrogens with one attached hydrogen (secondary N) is 1. The summed E-state index contributed by atoms with van der Waals surface area (Å²) in [5, 5.41) is 11.4. The molecule has 0 aliphatic heterocycles. The van der Waals surface area contributed by atoms with Crippen molar-refractivity contribution in [2.24, 2.45) is 5.92 Å². The highest BCUT2D eigenvalue weighted by atomic mass is 16.2. The van der Waals surface area contributed by atoms with Crippen LogP contribution in [0.2, 0.25) is 0 Å². The van der Waals surface area contributed by atoms with Gasteiger partial charge in [0.2, 0.25) is 5.91 Å². The highest BCUT2D eigenvalue weighted by Gasteiger charge is 2.10. The van der Waals surface area contributed by atoms with Gasteiger partial charge in [0.25, 0.3) is 0 Å². The van der Waals surface area contributed by atoms with E-state index in [0.29, 0.717) is 12.2 Å². The lowest BCUT2D eigenvalue weighted by Gasteiger charge is -2.09. The van der Waals surface area contributed by atoms with Gasteiger partial charge >= 0.3 is 0 Å². The first-order valence-electron chi connectivity index (χ1n) is 6.04. The maximum atomic E-state index is 11.7. The Bertz CT molecular complexity index is 460. The molecule has 4 nitrogen and oxygen atoms in total. The summed E-state index contributed by atoms with van der Waals surface area (Å²) in [5.41, 5.74) is 0.776. The molecule has 4 heteroatoms. The van der Waals surface area contributed by atoms with Crippen LogP contribution in [0.25, 0.3) is 0 Å². The Morgan fingerprint density at radius 2 is 2.39 bits per heavy atom. The number of anilines is 1. The van der Waals surface area contributed by atoms with Crippen LogP contribution >= 0.6 is 0 Å². The van der Waals surface area contributed by atoms with E-state index < -0.39 is 0 Å². The van der Waals surface area contributed by atoms with Crippen LogP contribution in [0.15, 0.2) is 18.3 Å². The maximum absolute atomic E-state index is 11.7. The Kier molecular flexibility index (Phi) is 5.89. The predicted octanol–water partition coefficient (Wildman–Crippen LogP) is 1.80. The molecule has 0 aliphatic rings. The maximum Gasteiger partial charge on any atom is 0.228 e. The number of amides is 1. The number of hydrogen-bond donors (Lipinski definition) is 2. The number of aromatic nitrogens is 1. The summed E-state index contributed by atoms with van der Waals surface area (Å²) in [5.74, 6) is 6.17. The topological polar surface area (TPSA) is 62.2 Å². The van der Waals surface area contributed by atoms with E-state index in [2.05, 4.69) is 22.1 Å². The average molecular weight is 246 g/mol. The Balaban J connectivity index is 2.71. The molecule has 1 aromatic heterocycles. The molecular weight excluding hydrogens is 228 g/mol. The standard InChI is InChI=1S/C14H18N2O2/c1-3-11(2)14(18)16-13-10-12(7-8-15-13)6-4-5-9-17/h7-8,10-11,17H,3,5,9H2,1-2H3,(H,15,16,18). The predicted molar refractivity (Wildman–Crippen MR) is 70.9 cm³/mol. The van der Waals surface area contributed by atoms with Crippen LogP contribution in [0, 0.1) is 17.8 Å². The molecule has 1 unspecified atom stereocenters. The minimum atomic E-state index is -0.0366. The second kappa shape index (κ2) is 7.46. The number of hydrogen-bond acceptors (Lipinski definition) is 3. The summed E-state index contributed by atoms with van der Waals surface area (Å²) in [6, 6.07) is 3.49. The molecule has 1 atom stereocenters. The molecule has 96 valence electrons. The van der Waals surface area contributed by atoms with E-state index in [1.807, 2.05) is 13.8 Å². The Morgan fingerprint density at radius 1 is 1.61 bits per heavy atom. The van der Waals surface area contributed by atoms with Crippen molar-refractivity contribution in [3.8, 4) is 11.8 Å². The van der Waals surface area contributed by atoms with E-state index in [-0.39, 0.29) is 18.4 Å². The third kappa shape index (κ3) is 4.56. The minimum Gasteiger partial charge on any atom is -0.395 e. The first-order valence-corrected chi connectivity index (χ1v) is 6.04. The third-order valence-electron chi connectivity index (χ3n) is 2.54. The molecule has 1 amide bonds. The van der Waals surface area contributed by atoms with Gasteiger partial charge in [-0.25, -0.2) is 4.98 Å². The fraction of sp³-hybridized carbons (Fsp3) is 0.429. The van der Waals surface area contributed by atoms with Crippen molar-refractivity contribution in [2.75, 3.05) is 11.9 Å². The summed E-state index contributed by atoms with van der Waals surface area (Å²) in [6.45, 7) is 3.89. The van der Waals surface area contributed by atoms with Gasteiger partial charge in [0.05, 0.1) is 6.61 Å². The number of aliphatic hydroxyl groups is 1. The van der Waals surface area contributed by atoms with Crippen molar-refractivity contribution in [2.45, 2.75) is 26.7 Å². The number of nitrogens with zero attached hydrogens (tertiary/aromatic N) is 1. The normalized spacial score (nSPS) is 11.3. The van der Waals surface area contributed by atoms with E-state index in [1.54, 1.807) is 18.3 Å². The van der Waals surface area contributed by atoms with Crippen molar-refractivity contribution in [1.29, 1.82) is 0 Å². The molecule has 1 rings (SSSR count). The van der Waals surface area contributed by atoms with Crippen LogP contribution in [0.5, 0.6) is 0 Å². The van der Waals surface area contributed by atoms with Gasteiger partial charge < -0.3 is 10.4 Å². The molecule has 0 spiro atoms. The zero-order valence-corrected chi connectivity index (χ0v) is 10.7. The smallest absolute Gasteiger partial charge is 0.228 e. The number of rotatable bonds is 4. The zero-order chi connectivity index (χ0) is 13.4. The van der Waals surface area contributed by atoms with Crippen LogP contribution in [0.3, 0.4) is 0 Å². The summed E-state index contributed by atoms with van der Waals surface area (Å²) in [7, 11) is 0. The van der Waals surface area contributed by atoms with Crippen molar-refractivity contribution in [3.05, 3.63) is 23.9 Å². The average Bonchev–Trinajstić information content (AvgIpc) is 2.38. The van der Waals surface area contributed by atoms with Crippen molar-refractivity contribution >= 4 is 11.7 Å². The molecule has 2 N–H and O–H groups in total. The Labute approximate surface area is 107 Å². The second-order valence-corrected chi connectivity index (χ2v) is 4.00. The molecule has 0 fully saturated rings. The van der Waals surface area contributed by atoms with Gasteiger partial charge in [0.1, 0.15) is 5.82 Å². The van der Waals surface area contributed by atoms with E-state index in [1.165, 1.54) is 0 Å². The molecule has 0 aliphatic carbocycles. The van der Waals surface area contributed by atoms with Crippen LogP contribution in [-0.4, -0.2) is 22.6 Å². The van der Waals surface area contributed by atoms with Gasteiger partial charge in [-0.15, -0.1) is 0 Å². The van der Waals surface area contributed by atoms with Crippen LogP contribution in [0.1, 0.15) is 32.3 Å². The van der Waals surface area contributed by atoms with E-state index in [0.717, 1.165) is 12.0 Å². The molecule has 18 heavy (non-hydrogen) atoms. The summed E-state index contributed by atoms with van der Waals surface area (Å²) >= 11 is 0. The van der Waals surface area contributed by atoms with Crippen molar-refractivity contribution in [1.82, 2.24) is 4.98 Å². The Hall–Kier alpha value is -1.86. The highest BCUT2D eigenvalue weighted by Crippen LogP contribution is 2.09. The minimum absolute atomic E-state index is 0.0315. The molecule has 1 aromatic rings. The first kappa shape index (κ1) is 14.2. The SMILES string of the molecule is CCC(C)C(=O)Nc1cc(C#CCCO)ccn1. The van der Waals surface area contributed by atoms with Crippen LogP contribution in [-0.2, 0) is 4.79 Å². The lowest BCUT2D eigenvalue weighted by Crippen LogP contribution is -2.20. The van der Waals surface area contributed by atoms with Crippen LogP contribution < -0.4 is 5.32 Å². The molecule has 0 aromatic carbocycles. The van der Waals surface area contributed by atoms with Gasteiger partial charge in [0.15, 0.2) is 0 Å². The quantitative estimate of drug-likeness (QED) is 0.796. The van der Waals surface area contributed by atoms with Gasteiger partial charge in [0, 0.05) is 24.1 Å². The summed E-state index contributed by atoms with van der Waals surface area (Å²) < 4.78 is 0. The number of carbonyl (C=O) groups is 1. The van der Waals surface area contributed by atoms with E-state index >= 15 is 0 Å². The largest absolute Gasteiger partial charge is 0.395 e. The fourth-order valence-corrected chi connectivity index (χ4v) is 1.23. The number of carbonyl (C=O) groups excluding carboxylic acids is 1. The monoisotopic (exact) mass is 246 g/mol. The third-order valence-corrected chi connectivity index (χ3v) is 2.54. The molecular formula is C14H18N2O2. The van der Waals surface area contributed by atoms with Gasteiger partial charge in [-0.3, -0.25) is 4.79 Å². The lowest BCUT2D eigenvalue weighted by molar-refractivity contribution is -0.119. The number of aliphatic hydroxyl groups excluding tert-OH is 1. The second-order valence-electron chi connectivity index (χ2n) is 4.00. The Morgan fingerprint density at radius 3 is 3.06 bits per heavy atom. The fourth-order valence-electron chi connectivity index (χ4n) is 1.23. The van der Waals surface area contributed by atoms with Gasteiger partial charge in [-0.2, -0.15) is 0 Å². The molecule has 0 saturated heterocycles. The summed E-state index contributed by atoms with van der Waals surface area (Å²) in [4.78, 5) is 15.8. The van der Waals surface area contributed by atoms with Gasteiger partial charge in [-0.1, -0.05) is 25.7 Å². The first-order chi connectivity index (χ1) is 8.67. The van der Waals surface area contributed by atoms with E-state index in [9.17, 15) is 4.79 Å². The lowest BCUT2D eigenvalue weighted by atomic mass is 10.1. The van der Waals surface area contributed by atoms with Crippen molar-refractivity contribution < 1.29 is 9.90 Å². The van der Waals surface area contributed by atoms with Crippen LogP contribution in [0.4, 0.5) is 5.82 Å². The van der Waals surface area contributed by atoms with Gasteiger partial charge in [-0.05, 0) is 18.6 Å². The molecule has 0 saturated carbocycles. The zero-order valence-electron chi connectivity index (χ0n) is 10.7. The van der Waals surface area contributed by atoms with Crippen molar-refractivity contribution in [3.63, 3.8) is 0 Å². The number of pyridine rings is 1. The summed E-state index contributed by atoms with van der Waals surface area (Å²) in [6.07, 6.45) is 2.84. The van der Waals surface area contributed by atoms with E-state index in [4.69, 9.17) is 5.11 Å². The highest BCUT2D eigenvalue weighted by molar-refractivity contribution is 5.91. The molecule has 1 heterocycles. The molecule has 0 radical (unpaired) electrons. The molecule has 0 bridgehead atoms.